The molecule has 146 valence electrons. The third-order valence-corrected chi connectivity index (χ3v) is 5.18. The number of rotatable bonds is 9. The molecule has 2 rings (SSSR count). The number of ether oxygens (including phenoxy) is 1. The SMILES string of the molecule is CSCC[C@@H](NC(=O)c1ccco1)C(=O)NCC(C)(C)N1CCOCC1. The molecule has 8 heteroatoms. The standard InChI is InChI=1S/C18H29N3O4S/c1-18(2,21-7-10-24-11-8-21)13-19-16(22)14(6-12-26-3)20-17(23)15-5-4-9-25-15/h4-5,9,14H,6-8,10-13H2,1-3H3,(H,19,22)(H,20,23)/t14-/m1/s1. The fourth-order valence-corrected chi connectivity index (χ4v) is 3.32. The Morgan fingerprint density at radius 1 is 1.35 bits per heavy atom. The minimum absolute atomic E-state index is 0.166. The molecular formula is C18H29N3O4S. The second-order valence-electron chi connectivity index (χ2n) is 6.91. The summed E-state index contributed by atoms with van der Waals surface area (Å²) in [5.74, 6) is 0.452. The van der Waals surface area contributed by atoms with Crippen molar-refractivity contribution in [2.45, 2.75) is 31.8 Å². The first-order valence-corrected chi connectivity index (χ1v) is 10.3. The molecule has 1 atom stereocenters. The number of nitrogens with zero attached hydrogens (tertiary/aromatic N) is 1. The second kappa shape index (κ2) is 9.99. The van der Waals surface area contributed by atoms with Crippen molar-refractivity contribution >= 4 is 23.6 Å². The Morgan fingerprint density at radius 2 is 2.08 bits per heavy atom. The highest BCUT2D eigenvalue weighted by molar-refractivity contribution is 7.98. The molecule has 1 saturated heterocycles. The molecule has 0 aliphatic carbocycles. The molecule has 1 aliphatic rings. The maximum Gasteiger partial charge on any atom is 0.287 e. The molecule has 2 N–H and O–H groups in total. The number of carbonyl (C=O) groups is 2. The van der Waals surface area contributed by atoms with E-state index in [4.69, 9.17) is 9.15 Å². The minimum atomic E-state index is -0.583. The lowest BCUT2D eigenvalue weighted by Crippen LogP contribution is -2.57. The smallest absolute Gasteiger partial charge is 0.287 e. The highest BCUT2D eigenvalue weighted by atomic mass is 32.2. The number of hydrogen-bond donors (Lipinski definition) is 2. The van der Waals surface area contributed by atoms with Crippen molar-refractivity contribution in [3.63, 3.8) is 0 Å². The van der Waals surface area contributed by atoms with Crippen LogP contribution in [-0.2, 0) is 9.53 Å². The van der Waals surface area contributed by atoms with E-state index in [-0.39, 0.29) is 23.1 Å². The molecule has 0 saturated carbocycles. The van der Waals surface area contributed by atoms with E-state index in [0.717, 1.165) is 18.8 Å². The fraction of sp³-hybridized carbons (Fsp3) is 0.667. The first-order chi connectivity index (χ1) is 12.4. The Balaban J connectivity index is 1.91. The van der Waals surface area contributed by atoms with Crippen molar-refractivity contribution in [1.82, 2.24) is 15.5 Å². The Hall–Kier alpha value is -1.51. The van der Waals surface area contributed by atoms with Gasteiger partial charge in [-0.15, -0.1) is 0 Å². The van der Waals surface area contributed by atoms with Crippen LogP contribution in [-0.4, -0.2) is 73.2 Å². The van der Waals surface area contributed by atoms with Crippen LogP contribution in [0.25, 0.3) is 0 Å². The van der Waals surface area contributed by atoms with Crippen molar-refractivity contribution in [3.05, 3.63) is 24.2 Å². The third-order valence-electron chi connectivity index (χ3n) is 4.54. The van der Waals surface area contributed by atoms with Crippen molar-refractivity contribution in [3.8, 4) is 0 Å². The lowest BCUT2D eigenvalue weighted by Gasteiger charge is -2.41. The van der Waals surface area contributed by atoms with Crippen LogP contribution in [0.1, 0.15) is 30.8 Å². The van der Waals surface area contributed by atoms with E-state index in [1.54, 1.807) is 23.9 Å². The molecule has 0 radical (unpaired) electrons. The summed E-state index contributed by atoms with van der Waals surface area (Å²) in [5.41, 5.74) is -0.172. The summed E-state index contributed by atoms with van der Waals surface area (Å²) < 4.78 is 10.5. The van der Waals surface area contributed by atoms with Gasteiger partial charge in [-0.2, -0.15) is 11.8 Å². The first-order valence-electron chi connectivity index (χ1n) is 8.88. The largest absolute Gasteiger partial charge is 0.459 e. The van der Waals surface area contributed by atoms with E-state index in [9.17, 15) is 9.59 Å². The van der Waals surface area contributed by atoms with E-state index in [1.807, 2.05) is 6.26 Å². The minimum Gasteiger partial charge on any atom is -0.459 e. The highest BCUT2D eigenvalue weighted by Crippen LogP contribution is 2.15. The predicted octanol–water partition coefficient (Wildman–Crippen LogP) is 1.36. The Morgan fingerprint density at radius 3 is 2.69 bits per heavy atom. The van der Waals surface area contributed by atoms with Gasteiger partial charge in [0.15, 0.2) is 5.76 Å². The van der Waals surface area contributed by atoms with Gasteiger partial charge in [0.2, 0.25) is 5.91 Å². The van der Waals surface area contributed by atoms with Crippen LogP contribution in [0, 0.1) is 0 Å². The van der Waals surface area contributed by atoms with Gasteiger partial charge in [-0.3, -0.25) is 14.5 Å². The average molecular weight is 384 g/mol. The van der Waals surface area contributed by atoms with E-state index >= 15 is 0 Å². The maximum absolute atomic E-state index is 12.7. The van der Waals surface area contributed by atoms with Gasteiger partial charge in [0, 0.05) is 25.2 Å². The van der Waals surface area contributed by atoms with Gasteiger partial charge in [0.05, 0.1) is 19.5 Å². The van der Waals surface area contributed by atoms with Gasteiger partial charge >= 0.3 is 0 Å². The molecule has 7 nitrogen and oxygen atoms in total. The molecule has 26 heavy (non-hydrogen) atoms. The van der Waals surface area contributed by atoms with Crippen LogP contribution in [0.3, 0.4) is 0 Å². The van der Waals surface area contributed by atoms with Crippen LogP contribution in [0.15, 0.2) is 22.8 Å². The highest BCUT2D eigenvalue weighted by Gasteiger charge is 2.30. The van der Waals surface area contributed by atoms with E-state index < -0.39 is 6.04 Å². The summed E-state index contributed by atoms with van der Waals surface area (Å²) >= 11 is 1.64. The zero-order chi connectivity index (χ0) is 19.0. The molecule has 1 aromatic heterocycles. The van der Waals surface area contributed by atoms with Crippen LogP contribution in [0.5, 0.6) is 0 Å². The molecule has 2 amide bonds. The van der Waals surface area contributed by atoms with E-state index in [1.165, 1.54) is 6.26 Å². The summed E-state index contributed by atoms with van der Waals surface area (Å²) in [7, 11) is 0. The molecule has 1 aliphatic heterocycles. The topological polar surface area (TPSA) is 83.8 Å². The molecule has 0 aromatic carbocycles. The molecule has 0 bridgehead atoms. The van der Waals surface area contributed by atoms with Gasteiger partial charge in [-0.05, 0) is 44.4 Å². The number of nitrogens with one attached hydrogen (secondary N) is 2. The fourth-order valence-electron chi connectivity index (χ4n) is 2.85. The number of hydrogen-bond acceptors (Lipinski definition) is 6. The Labute approximate surface area is 159 Å². The Kier molecular flexibility index (Phi) is 7.99. The van der Waals surface area contributed by atoms with Crippen LogP contribution in [0.2, 0.25) is 0 Å². The summed E-state index contributed by atoms with van der Waals surface area (Å²) in [4.78, 5) is 27.2. The lowest BCUT2D eigenvalue weighted by molar-refractivity contribution is -0.123. The molecule has 0 spiro atoms. The van der Waals surface area contributed by atoms with E-state index in [0.29, 0.717) is 26.2 Å². The summed E-state index contributed by atoms with van der Waals surface area (Å²) in [6, 6.07) is 2.65. The van der Waals surface area contributed by atoms with Crippen molar-refractivity contribution < 1.29 is 18.7 Å². The molecule has 1 aromatic rings. The lowest BCUT2D eigenvalue weighted by atomic mass is 10.0. The maximum atomic E-state index is 12.7. The third kappa shape index (κ3) is 6.03. The van der Waals surface area contributed by atoms with E-state index in [2.05, 4.69) is 29.4 Å². The number of morpholine rings is 1. The molecule has 1 fully saturated rings. The van der Waals surface area contributed by atoms with Gasteiger partial charge in [-0.25, -0.2) is 0 Å². The van der Waals surface area contributed by atoms with Gasteiger partial charge in [0.25, 0.3) is 5.91 Å². The van der Waals surface area contributed by atoms with Crippen molar-refractivity contribution in [1.29, 1.82) is 0 Å². The number of furan rings is 1. The Bertz CT molecular complexity index is 571. The first kappa shape index (κ1) is 20.8. The zero-order valence-corrected chi connectivity index (χ0v) is 16.6. The van der Waals surface area contributed by atoms with Crippen molar-refractivity contribution in [2.24, 2.45) is 0 Å². The summed E-state index contributed by atoms with van der Waals surface area (Å²) in [5, 5.41) is 5.78. The number of amides is 2. The quantitative estimate of drug-likeness (QED) is 0.670. The van der Waals surface area contributed by atoms with Gasteiger partial charge < -0.3 is 19.8 Å². The van der Waals surface area contributed by atoms with Crippen LogP contribution >= 0.6 is 11.8 Å². The van der Waals surface area contributed by atoms with Crippen molar-refractivity contribution in [2.75, 3.05) is 44.9 Å². The second-order valence-corrected chi connectivity index (χ2v) is 7.90. The van der Waals surface area contributed by atoms with Gasteiger partial charge in [0.1, 0.15) is 6.04 Å². The summed E-state index contributed by atoms with van der Waals surface area (Å²) in [6.45, 7) is 7.87. The van der Waals surface area contributed by atoms with Crippen LogP contribution in [0.4, 0.5) is 0 Å². The predicted molar refractivity (Wildman–Crippen MR) is 102 cm³/mol. The average Bonchev–Trinajstić information content (AvgIpc) is 3.18. The zero-order valence-electron chi connectivity index (χ0n) is 15.7. The molecule has 0 unspecified atom stereocenters. The normalized spacial score (nSPS) is 16.9. The van der Waals surface area contributed by atoms with Crippen LogP contribution < -0.4 is 10.6 Å². The molecular weight excluding hydrogens is 354 g/mol. The monoisotopic (exact) mass is 383 g/mol. The molecule has 2 heterocycles. The number of thioether (sulfide) groups is 1. The van der Waals surface area contributed by atoms with Gasteiger partial charge in [-0.1, -0.05) is 0 Å². The number of carbonyl (C=O) groups excluding carboxylic acids is 2. The summed E-state index contributed by atoms with van der Waals surface area (Å²) in [6.07, 6.45) is 3.99.